The molecule has 1 heterocycles. The van der Waals surface area contributed by atoms with E-state index in [0.29, 0.717) is 10.6 Å². The molecule has 5 heteroatoms. The fourth-order valence-electron chi connectivity index (χ4n) is 2.91. The van der Waals surface area contributed by atoms with Crippen LogP contribution in [0.25, 0.3) is 0 Å². The van der Waals surface area contributed by atoms with Gasteiger partial charge in [0.05, 0.1) is 22.7 Å². The van der Waals surface area contributed by atoms with Crippen LogP contribution in [0.15, 0.2) is 10.6 Å². The van der Waals surface area contributed by atoms with Crippen molar-refractivity contribution < 1.29 is 4.79 Å². The molecule has 1 unspecified atom stereocenters. The summed E-state index contributed by atoms with van der Waals surface area (Å²) in [6.07, 6.45) is 5.34. The van der Waals surface area contributed by atoms with Crippen LogP contribution in [0, 0.1) is 34.0 Å². The second-order valence-electron chi connectivity index (χ2n) is 4.43. The van der Waals surface area contributed by atoms with Crippen LogP contribution in [0.1, 0.15) is 25.7 Å². The summed E-state index contributed by atoms with van der Waals surface area (Å²) in [4.78, 5) is 11.9. The third-order valence-electron chi connectivity index (χ3n) is 3.72. The zero-order valence-corrected chi connectivity index (χ0v) is 10.4. The lowest BCUT2D eigenvalue weighted by Gasteiger charge is -2.37. The highest BCUT2D eigenvalue weighted by molar-refractivity contribution is 8.02. The maximum atomic E-state index is 11.9. The first kappa shape index (κ1) is 12.0. The number of allylic oxidation sites excluding steroid dienone is 1. The summed E-state index contributed by atoms with van der Waals surface area (Å²) in [6, 6.07) is 4.30. The molecule has 1 N–H and O–H groups in total. The molecule has 0 aromatic rings. The molecule has 0 saturated heterocycles. The van der Waals surface area contributed by atoms with E-state index in [9.17, 15) is 15.3 Å². The molecule has 2 aliphatic rings. The Hall–Kier alpha value is -1.46. The Morgan fingerprint density at radius 1 is 1.41 bits per heavy atom. The number of nitriles is 2. The monoisotopic (exact) mass is 247 g/mol. The lowest BCUT2D eigenvalue weighted by atomic mass is 9.67. The zero-order chi connectivity index (χ0) is 12.5. The number of hydrogen-bond acceptors (Lipinski definition) is 4. The first-order chi connectivity index (χ1) is 8.19. The number of hydrogen-bond donors (Lipinski definition) is 1. The molecule has 1 aliphatic heterocycles. The summed E-state index contributed by atoms with van der Waals surface area (Å²) in [5.41, 5.74) is 0.0816. The highest BCUT2D eigenvalue weighted by Crippen LogP contribution is 2.53. The maximum absolute atomic E-state index is 11.9. The van der Waals surface area contributed by atoms with Crippen LogP contribution >= 0.6 is 11.8 Å². The Kier molecular flexibility index (Phi) is 3.13. The average molecular weight is 247 g/mol. The first-order valence-electron chi connectivity index (χ1n) is 5.59. The fraction of sp³-hybridized carbons (Fsp3) is 0.583. The molecule has 2 rings (SSSR count). The molecule has 0 bridgehead atoms. The highest BCUT2D eigenvalue weighted by atomic mass is 32.2. The Balaban J connectivity index is 2.59. The van der Waals surface area contributed by atoms with Crippen molar-refractivity contribution in [3.8, 4) is 12.1 Å². The Morgan fingerprint density at radius 2 is 2.06 bits per heavy atom. The third-order valence-corrected chi connectivity index (χ3v) is 4.43. The molecule has 17 heavy (non-hydrogen) atoms. The van der Waals surface area contributed by atoms with Crippen molar-refractivity contribution in [1.29, 1.82) is 10.5 Å². The van der Waals surface area contributed by atoms with Crippen LogP contribution in [0.4, 0.5) is 0 Å². The fourth-order valence-corrected chi connectivity index (χ4v) is 3.57. The van der Waals surface area contributed by atoms with Gasteiger partial charge in [-0.15, -0.1) is 11.8 Å². The second-order valence-corrected chi connectivity index (χ2v) is 5.25. The van der Waals surface area contributed by atoms with Gasteiger partial charge in [0.25, 0.3) is 0 Å². The molecule has 1 amide bonds. The molecule has 0 aromatic carbocycles. The predicted octanol–water partition coefficient (Wildman–Crippen LogP) is 1.91. The number of rotatable bonds is 1. The van der Waals surface area contributed by atoms with Gasteiger partial charge in [0.15, 0.2) is 0 Å². The summed E-state index contributed by atoms with van der Waals surface area (Å²) in [5.74, 6) is -0.965. The lowest BCUT2D eigenvalue weighted by Crippen LogP contribution is -2.46. The van der Waals surface area contributed by atoms with E-state index in [1.807, 2.05) is 6.26 Å². The lowest BCUT2D eigenvalue weighted by molar-refractivity contribution is -0.126. The smallest absolute Gasteiger partial charge is 0.243 e. The summed E-state index contributed by atoms with van der Waals surface area (Å²) >= 11 is 1.37. The van der Waals surface area contributed by atoms with Gasteiger partial charge in [-0.3, -0.25) is 4.79 Å². The van der Waals surface area contributed by atoms with Crippen LogP contribution < -0.4 is 5.32 Å². The van der Waals surface area contributed by atoms with E-state index in [1.54, 1.807) is 0 Å². The van der Waals surface area contributed by atoms with Crippen molar-refractivity contribution in [3.63, 3.8) is 0 Å². The predicted molar refractivity (Wildman–Crippen MR) is 64.3 cm³/mol. The summed E-state index contributed by atoms with van der Waals surface area (Å²) in [7, 11) is 0. The summed E-state index contributed by atoms with van der Waals surface area (Å²) in [6.45, 7) is 0. The number of carbonyl (C=O) groups excluding carboxylic acids is 1. The van der Waals surface area contributed by atoms with E-state index >= 15 is 0 Å². The quantitative estimate of drug-likeness (QED) is 0.768. The Bertz CT molecular complexity index is 463. The SMILES string of the molecule is CSC1=C(C#N)C2(CCCC2)C(C#N)C(=O)N1. The van der Waals surface area contributed by atoms with Gasteiger partial charge in [0.2, 0.25) is 5.91 Å². The Labute approximate surface area is 105 Å². The van der Waals surface area contributed by atoms with Gasteiger partial charge in [-0.1, -0.05) is 12.8 Å². The molecular formula is C12H13N3OS. The average Bonchev–Trinajstić information content (AvgIpc) is 2.78. The van der Waals surface area contributed by atoms with Crippen LogP contribution in [0.5, 0.6) is 0 Å². The van der Waals surface area contributed by atoms with Crippen molar-refractivity contribution in [2.75, 3.05) is 6.26 Å². The minimum atomic E-state index is -0.712. The minimum Gasteiger partial charge on any atom is -0.319 e. The normalized spacial score (nSPS) is 26.5. The van der Waals surface area contributed by atoms with Gasteiger partial charge in [-0.05, 0) is 19.1 Å². The number of amides is 1. The standard InChI is InChI=1S/C12H13N3OS/c1-17-11-9(7-14)12(4-2-3-5-12)8(6-13)10(16)15-11/h8H,2-5H2,1H3,(H,15,16). The van der Waals surface area contributed by atoms with Gasteiger partial charge in [-0.25, -0.2) is 0 Å². The van der Waals surface area contributed by atoms with Crippen LogP contribution in [0.2, 0.25) is 0 Å². The molecule has 1 saturated carbocycles. The van der Waals surface area contributed by atoms with Gasteiger partial charge >= 0.3 is 0 Å². The highest BCUT2D eigenvalue weighted by Gasteiger charge is 2.52. The Morgan fingerprint density at radius 3 is 2.53 bits per heavy atom. The van der Waals surface area contributed by atoms with Crippen molar-refractivity contribution in [2.45, 2.75) is 25.7 Å². The zero-order valence-electron chi connectivity index (χ0n) is 9.62. The topological polar surface area (TPSA) is 76.7 Å². The number of nitrogens with one attached hydrogen (secondary N) is 1. The van der Waals surface area contributed by atoms with Gasteiger partial charge in [0, 0.05) is 5.41 Å². The summed E-state index contributed by atoms with van der Waals surface area (Å²) < 4.78 is 0. The second kappa shape index (κ2) is 4.43. The van der Waals surface area contributed by atoms with Crippen molar-refractivity contribution in [1.82, 2.24) is 5.32 Å². The van der Waals surface area contributed by atoms with E-state index in [2.05, 4.69) is 17.5 Å². The summed E-state index contributed by atoms with van der Waals surface area (Å²) in [5, 5.41) is 21.9. The molecular weight excluding hydrogens is 234 g/mol. The maximum Gasteiger partial charge on any atom is 0.243 e. The van der Waals surface area contributed by atoms with E-state index in [4.69, 9.17) is 0 Å². The molecule has 1 spiro atoms. The van der Waals surface area contributed by atoms with Crippen LogP contribution in [-0.2, 0) is 4.79 Å². The molecule has 4 nitrogen and oxygen atoms in total. The molecule has 1 fully saturated rings. The van der Waals surface area contributed by atoms with E-state index in [1.165, 1.54) is 11.8 Å². The molecule has 88 valence electrons. The number of carbonyl (C=O) groups is 1. The molecule has 0 radical (unpaired) electrons. The number of nitrogens with zero attached hydrogens (tertiary/aromatic N) is 2. The van der Waals surface area contributed by atoms with Crippen LogP contribution in [-0.4, -0.2) is 12.2 Å². The minimum absolute atomic E-state index is 0.252. The van der Waals surface area contributed by atoms with Crippen LogP contribution in [0.3, 0.4) is 0 Å². The number of thioether (sulfide) groups is 1. The van der Waals surface area contributed by atoms with E-state index in [-0.39, 0.29) is 5.91 Å². The largest absolute Gasteiger partial charge is 0.319 e. The molecule has 1 atom stereocenters. The molecule has 0 aromatic heterocycles. The van der Waals surface area contributed by atoms with E-state index < -0.39 is 11.3 Å². The molecule has 1 aliphatic carbocycles. The van der Waals surface area contributed by atoms with Gasteiger partial charge in [0.1, 0.15) is 5.92 Å². The van der Waals surface area contributed by atoms with Crippen molar-refractivity contribution in [2.24, 2.45) is 11.3 Å². The van der Waals surface area contributed by atoms with Crippen molar-refractivity contribution in [3.05, 3.63) is 10.6 Å². The van der Waals surface area contributed by atoms with Gasteiger partial charge < -0.3 is 5.32 Å². The van der Waals surface area contributed by atoms with Gasteiger partial charge in [-0.2, -0.15) is 10.5 Å². The van der Waals surface area contributed by atoms with Crippen molar-refractivity contribution >= 4 is 17.7 Å². The first-order valence-corrected chi connectivity index (χ1v) is 6.81. The van der Waals surface area contributed by atoms with E-state index in [0.717, 1.165) is 25.7 Å². The third kappa shape index (κ3) is 1.62.